The Hall–Kier alpha value is -3.29. The van der Waals surface area contributed by atoms with Gasteiger partial charge < -0.3 is 10.1 Å². The zero-order valence-corrected chi connectivity index (χ0v) is 17.9. The number of anilines is 2. The van der Waals surface area contributed by atoms with Gasteiger partial charge in [0.2, 0.25) is 0 Å². The summed E-state index contributed by atoms with van der Waals surface area (Å²) in [7, 11) is 1.48. The third-order valence-corrected chi connectivity index (χ3v) is 5.79. The molecule has 8 heteroatoms. The zero-order valence-electron chi connectivity index (χ0n) is 17.9. The van der Waals surface area contributed by atoms with Crippen molar-refractivity contribution in [1.82, 2.24) is 0 Å². The number of benzene rings is 2. The Morgan fingerprint density at radius 1 is 1.09 bits per heavy atom. The number of carbonyl (C=O) groups excluding carboxylic acids is 2. The van der Waals surface area contributed by atoms with Crippen molar-refractivity contribution >= 4 is 23.1 Å². The molecule has 0 spiro atoms. The zero-order chi connectivity index (χ0) is 23.3. The number of alkyl halides is 3. The number of halogens is 3. The molecule has 4 rings (SSSR count). The first-order valence-corrected chi connectivity index (χ1v) is 10.2. The summed E-state index contributed by atoms with van der Waals surface area (Å²) in [6, 6.07) is 11.5. The van der Waals surface area contributed by atoms with Gasteiger partial charge in [0.15, 0.2) is 5.78 Å². The van der Waals surface area contributed by atoms with Crippen molar-refractivity contribution in [3.05, 3.63) is 65.4 Å². The summed E-state index contributed by atoms with van der Waals surface area (Å²) in [5, 5.41) is 3.18. The summed E-state index contributed by atoms with van der Waals surface area (Å²) in [4.78, 5) is 26.8. The van der Waals surface area contributed by atoms with Gasteiger partial charge in [-0.15, -0.1) is 0 Å². The van der Waals surface area contributed by atoms with Crippen LogP contribution in [0, 0.1) is 5.41 Å². The fourth-order valence-corrected chi connectivity index (χ4v) is 4.45. The maximum absolute atomic E-state index is 13.8. The number of nitrogens with one attached hydrogen (secondary N) is 1. The molecule has 0 bridgehead atoms. The minimum Gasteiger partial charge on any atom is -0.497 e. The summed E-state index contributed by atoms with van der Waals surface area (Å²) in [5.74, 6) is -1.80. The summed E-state index contributed by atoms with van der Waals surface area (Å²) >= 11 is 0. The van der Waals surface area contributed by atoms with E-state index in [1.165, 1.54) is 13.2 Å². The molecule has 0 radical (unpaired) electrons. The smallest absolute Gasteiger partial charge is 0.471 e. The first-order chi connectivity index (χ1) is 15.0. The van der Waals surface area contributed by atoms with E-state index in [-0.39, 0.29) is 28.9 Å². The lowest BCUT2D eigenvalue weighted by Gasteiger charge is -2.37. The number of hydrogen-bond donors (Lipinski definition) is 1. The monoisotopic (exact) mass is 444 g/mol. The van der Waals surface area contributed by atoms with E-state index in [0.29, 0.717) is 34.0 Å². The Kier molecular flexibility index (Phi) is 5.27. The Morgan fingerprint density at radius 3 is 2.38 bits per heavy atom. The number of nitrogens with zero attached hydrogens (tertiary/aromatic N) is 1. The van der Waals surface area contributed by atoms with E-state index in [2.05, 4.69) is 5.32 Å². The maximum Gasteiger partial charge on any atom is 0.471 e. The third kappa shape index (κ3) is 3.85. The Bertz CT molecular complexity index is 1100. The second-order valence-corrected chi connectivity index (χ2v) is 8.82. The molecule has 0 unspecified atom stereocenters. The Labute approximate surface area is 183 Å². The molecule has 0 saturated heterocycles. The summed E-state index contributed by atoms with van der Waals surface area (Å²) in [6.07, 6.45) is -4.49. The predicted molar refractivity (Wildman–Crippen MR) is 114 cm³/mol. The highest BCUT2D eigenvalue weighted by Crippen LogP contribution is 2.49. The van der Waals surface area contributed by atoms with Crippen LogP contribution in [0.3, 0.4) is 0 Å². The number of methoxy groups -OCH3 is 1. The molecule has 0 aromatic heterocycles. The van der Waals surface area contributed by atoms with Crippen LogP contribution < -0.4 is 15.0 Å². The number of rotatable bonds is 2. The Morgan fingerprint density at radius 2 is 1.75 bits per heavy atom. The van der Waals surface area contributed by atoms with Crippen molar-refractivity contribution in [1.29, 1.82) is 0 Å². The highest BCUT2D eigenvalue weighted by molar-refractivity contribution is 6.07. The lowest BCUT2D eigenvalue weighted by Crippen LogP contribution is -2.45. The first-order valence-electron chi connectivity index (χ1n) is 10.2. The SMILES string of the molecule is COc1ccc([C@H]2C3=C(CC(C)(C)CC3=O)Nc3ccccc3N2C(=O)C(F)(F)F)cc1. The van der Waals surface area contributed by atoms with Gasteiger partial charge in [-0.1, -0.05) is 38.1 Å². The standard InChI is InChI=1S/C24H23F3N2O3/c1-23(2)12-17-20(19(30)13-23)21(14-8-10-15(32-3)11-9-14)29(22(31)24(25,26)27)18-7-5-4-6-16(18)28-17/h4-11,21,28H,12-13H2,1-3H3/t21-/m0/s1. The molecule has 2 aromatic carbocycles. The summed E-state index contributed by atoms with van der Waals surface area (Å²) in [5.41, 5.74) is 1.16. The van der Waals surface area contributed by atoms with Crippen molar-refractivity contribution in [3.8, 4) is 5.75 Å². The second kappa shape index (κ2) is 7.69. The van der Waals surface area contributed by atoms with Gasteiger partial charge in [0, 0.05) is 17.7 Å². The number of carbonyl (C=O) groups is 2. The van der Waals surface area contributed by atoms with Gasteiger partial charge in [0.25, 0.3) is 0 Å². The Balaban J connectivity index is 2.01. The number of hydrogen-bond acceptors (Lipinski definition) is 4. The number of Topliss-reactive ketones (excluding diaryl/α,β-unsaturated/α-hetero) is 1. The molecule has 2 aromatic rings. The number of amides is 1. The van der Waals surface area contributed by atoms with Crippen LogP contribution in [-0.4, -0.2) is 25.0 Å². The van der Waals surface area contributed by atoms with E-state index in [4.69, 9.17) is 4.74 Å². The summed E-state index contributed by atoms with van der Waals surface area (Å²) in [6.45, 7) is 3.88. The van der Waals surface area contributed by atoms with Gasteiger partial charge in [-0.25, -0.2) is 0 Å². The van der Waals surface area contributed by atoms with Gasteiger partial charge in [0.1, 0.15) is 5.75 Å². The van der Waals surface area contributed by atoms with Crippen LogP contribution in [0.2, 0.25) is 0 Å². The fourth-order valence-electron chi connectivity index (χ4n) is 4.45. The van der Waals surface area contributed by atoms with Crippen LogP contribution in [0.25, 0.3) is 0 Å². The number of ether oxygens (including phenoxy) is 1. The molecular weight excluding hydrogens is 421 g/mol. The number of fused-ring (bicyclic) bond motifs is 1. The van der Waals surface area contributed by atoms with Gasteiger partial charge in [-0.2, -0.15) is 13.2 Å². The molecule has 1 amide bonds. The van der Waals surface area contributed by atoms with Crippen LogP contribution in [0.15, 0.2) is 59.8 Å². The molecule has 5 nitrogen and oxygen atoms in total. The van der Waals surface area contributed by atoms with E-state index >= 15 is 0 Å². The number of para-hydroxylation sites is 2. The molecule has 1 atom stereocenters. The van der Waals surface area contributed by atoms with Gasteiger partial charge in [-0.05, 0) is 41.7 Å². The average molecular weight is 444 g/mol. The van der Waals surface area contributed by atoms with Gasteiger partial charge in [-0.3, -0.25) is 14.5 Å². The van der Waals surface area contributed by atoms with Crippen molar-refractivity contribution in [2.75, 3.05) is 17.3 Å². The van der Waals surface area contributed by atoms with E-state index in [0.717, 1.165) is 0 Å². The quantitative estimate of drug-likeness (QED) is 0.674. The topological polar surface area (TPSA) is 58.6 Å². The lowest BCUT2D eigenvalue weighted by molar-refractivity contribution is -0.170. The normalized spacial score (nSPS) is 20.1. The van der Waals surface area contributed by atoms with Crippen molar-refractivity contribution in [2.24, 2.45) is 5.41 Å². The molecule has 2 aliphatic rings. The van der Waals surface area contributed by atoms with Gasteiger partial charge in [0.05, 0.1) is 24.5 Å². The van der Waals surface area contributed by atoms with E-state index in [1.54, 1.807) is 42.5 Å². The molecule has 0 fully saturated rings. The predicted octanol–water partition coefficient (Wildman–Crippen LogP) is 5.40. The van der Waals surface area contributed by atoms with E-state index < -0.39 is 18.1 Å². The molecule has 0 saturated carbocycles. The molecule has 1 heterocycles. The molecule has 1 aliphatic heterocycles. The van der Waals surface area contributed by atoms with E-state index in [9.17, 15) is 22.8 Å². The second-order valence-electron chi connectivity index (χ2n) is 8.82. The third-order valence-electron chi connectivity index (χ3n) is 5.79. The molecule has 1 aliphatic carbocycles. The van der Waals surface area contributed by atoms with E-state index in [1.807, 2.05) is 13.8 Å². The highest BCUT2D eigenvalue weighted by atomic mass is 19.4. The maximum atomic E-state index is 13.8. The molecule has 32 heavy (non-hydrogen) atoms. The molecule has 1 N–H and O–H groups in total. The molecule has 168 valence electrons. The molecular formula is C24H23F3N2O3. The largest absolute Gasteiger partial charge is 0.497 e. The fraction of sp³-hybridized carbons (Fsp3) is 0.333. The summed E-state index contributed by atoms with van der Waals surface area (Å²) < 4.78 is 46.5. The minimum atomic E-state index is -5.13. The first kappa shape index (κ1) is 21.9. The number of allylic oxidation sites excluding steroid dienone is 1. The van der Waals surface area contributed by atoms with Crippen molar-refractivity contribution < 1.29 is 27.5 Å². The van der Waals surface area contributed by atoms with Crippen molar-refractivity contribution in [2.45, 2.75) is 38.9 Å². The van der Waals surface area contributed by atoms with Crippen LogP contribution >= 0.6 is 0 Å². The van der Waals surface area contributed by atoms with Crippen LogP contribution in [-0.2, 0) is 9.59 Å². The lowest BCUT2D eigenvalue weighted by atomic mass is 9.73. The highest BCUT2D eigenvalue weighted by Gasteiger charge is 2.50. The number of ketones is 1. The average Bonchev–Trinajstić information content (AvgIpc) is 2.86. The van der Waals surface area contributed by atoms with Crippen LogP contribution in [0.4, 0.5) is 24.5 Å². The van der Waals surface area contributed by atoms with Gasteiger partial charge >= 0.3 is 12.1 Å². The minimum absolute atomic E-state index is 0.0654. The van der Waals surface area contributed by atoms with Crippen LogP contribution in [0.5, 0.6) is 5.75 Å². The van der Waals surface area contributed by atoms with Crippen molar-refractivity contribution in [3.63, 3.8) is 0 Å². The van der Waals surface area contributed by atoms with Crippen LogP contribution in [0.1, 0.15) is 38.3 Å².